The van der Waals surface area contributed by atoms with Gasteiger partial charge in [0.15, 0.2) is 0 Å². The standard InChI is InChI=1S/C16H19FN2S2/c1-16(2)7-10(18)14-11(8-16)19-15(21-14)13-9(17)5-4-6-12(13)20-3/h4-6,10H,7-8,18H2,1-3H3. The van der Waals surface area contributed by atoms with E-state index in [1.54, 1.807) is 29.2 Å². The van der Waals surface area contributed by atoms with Crippen molar-refractivity contribution >= 4 is 23.1 Å². The summed E-state index contributed by atoms with van der Waals surface area (Å²) in [6, 6.07) is 5.19. The molecule has 2 N–H and O–H groups in total. The molecule has 0 aliphatic heterocycles. The molecular weight excluding hydrogens is 303 g/mol. The summed E-state index contributed by atoms with van der Waals surface area (Å²) in [5, 5.41) is 0.760. The van der Waals surface area contributed by atoms with Gasteiger partial charge in [0.25, 0.3) is 0 Å². The van der Waals surface area contributed by atoms with E-state index < -0.39 is 0 Å². The number of benzene rings is 1. The molecule has 0 saturated carbocycles. The molecule has 1 aliphatic rings. The minimum absolute atomic E-state index is 0.0134. The number of thioether (sulfide) groups is 1. The summed E-state index contributed by atoms with van der Waals surface area (Å²) in [4.78, 5) is 6.77. The van der Waals surface area contributed by atoms with E-state index in [4.69, 9.17) is 10.7 Å². The Balaban J connectivity index is 2.11. The normalized spacial score (nSPS) is 20.3. The van der Waals surface area contributed by atoms with Crippen LogP contribution in [-0.4, -0.2) is 11.2 Å². The number of hydrogen-bond acceptors (Lipinski definition) is 4. The summed E-state index contributed by atoms with van der Waals surface area (Å²) in [5.41, 5.74) is 8.13. The maximum Gasteiger partial charge on any atom is 0.134 e. The zero-order chi connectivity index (χ0) is 15.2. The number of nitrogens with two attached hydrogens (primary N) is 1. The minimum atomic E-state index is -0.208. The van der Waals surface area contributed by atoms with Crippen molar-refractivity contribution in [1.82, 2.24) is 4.98 Å². The van der Waals surface area contributed by atoms with Crippen molar-refractivity contribution in [1.29, 1.82) is 0 Å². The first-order valence-electron chi connectivity index (χ1n) is 6.99. The van der Waals surface area contributed by atoms with Gasteiger partial charge < -0.3 is 5.73 Å². The summed E-state index contributed by atoms with van der Waals surface area (Å²) in [6.45, 7) is 4.43. The number of hydrogen-bond donors (Lipinski definition) is 1. The molecule has 2 aromatic rings. The van der Waals surface area contributed by atoms with E-state index in [2.05, 4.69) is 13.8 Å². The highest BCUT2D eigenvalue weighted by Crippen LogP contribution is 2.45. The molecule has 5 heteroatoms. The van der Waals surface area contributed by atoms with Gasteiger partial charge in [0.05, 0.1) is 11.3 Å². The van der Waals surface area contributed by atoms with Gasteiger partial charge in [-0.05, 0) is 36.6 Å². The molecular formula is C16H19FN2S2. The third-order valence-electron chi connectivity index (χ3n) is 3.89. The first-order valence-corrected chi connectivity index (χ1v) is 9.03. The maximum absolute atomic E-state index is 14.3. The molecule has 0 amide bonds. The topological polar surface area (TPSA) is 38.9 Å². The predicted molar refractivity (Wildman–Crippen MR) is 88.3 cm³/mol. The van der Waals surface area contributed by atoms with E-state index in [0.29, 0.717) is 5.56 Å². The van der Waals surface area contributed by atoms with Crippen LogP contribution in [0.25, 0.3) is 10.6 Å². The van der Waals surface area contributed by atoms with Gasteiger partial charge in [-0.3, -0.25) is 0 Å². The van der Waals surface area contributed by atoms with Gasteiger partial charge in [-0.1, -0.05) is 19.9 Å². The highest BCUT2D eigenvalue weighted by molar-refractivity contribution is 7.98. The number of thiazole rings is 1. The molecule has 0 spiro atoms. The van der Waals surface area contributed by atoms with Gasteiger partial charge >= 0.3 is 0 Å². The Kier molecular flexibility index (Phi) is 3.84. The van der Waals surface area contributed by atoms with Crippen molar-refractivity contribution in [3.63, 3.8) is 0 Å². The summed E-state index contributed by atoms with van der Waals surface area (Å²) in [7, 11) is 0. The number of halogens is 1. The van der Waals surface area contributed by atoms with Crippen molar-refractivity contribution in [2.75, 3.05) is 6.26 Å². The molecule has 1 heterocycles. The van der Waals surface area contributed by atoms with Crippen molar-refractivity contribution in [3.8, 4) is 10.6 Å². The average molecular weight is 322 g/mol. The highest BCUT2D eigenvalue weighted by Gasteiger charge is 2.33. The van der Waals surface area contributed by atoms with E-state index in [1.807, 2.05) is 12.3 Å². The Labute approximate surface area is 133 Å². The highest BCUT2D eigenvalue weighted by atomic mass is 32.2. The SMILES string of the molecule is CSc1cccc(F)c1-c1nc2c(s1)C(N)CC(C)(C)C2. The maximum atomic E-state index is 14.3. The molecule has 2 nitrogen and oxygen atoms in total. The van der Waals surface area contributed by atoms with Crippen LogP contribution in [0.15, 0.2) is 23.1 Å². The molecule has 0 fully saturated rings. The lowest BCUT2D eigenvalue weighted by Gasteiger charge is -2.32. The van der Waals surface area contributed by atoms with Crippen LogP contribution in [0.5, 0.6) is 0 Å². The smallest absolute Gasteiger partial charge is 0.134 e. The fraction of sp³-hybridized carbons (Fsp3) is 0.438. The molecule has 1 unspecified atom stereocenters. The third kappa shape index (κ3) is 2.74. The molecule has 3 rings (SSSR count). The second-order valence-corrected chi connectivity index (χ2v) is 8.18. The Hall–Kier alpha value is -0.910. The fourth-order valence-corrected chi connectivity index (χ4v) is 4.80. The van der Waals surface area contributed by atoms with Gasteiger partial charge in [-0.15, -0.1) is 23.1 Å². The molecule has 21 heavy (non-hydrogen) atoms. The lowest BCUT2D eigenvalue weighted by molar-refractivity contribution is 0.282. The zero-order valence-corrected chi connectivity index (χ0v) is 14.1. The summed E-state index contributed by atoms with van der Waals surface area (Å²) >= 11 is 3.10. The first-order chi connectivity index (χ1) is 9.91. The van der Waals surface area contributed by atoms with Crippen LogP contribution in [0.2, 0.25) is 0 Å². The van der Waals surface area contributed by atoms with Crippen LogP contribution in [0.3, 0.4) is 0 Å². The molecule has 0 radical (unpaired) electrons. The number of nitrogens with zero attached hydrogens (tertiary/aromatic N) is 1. The van der Waals surface area contributed by atoms with Crippen LogP contribution in [-0.2, 0) is 6.42 Å². The van der Waals surface area contributed by atoms with Crippen LogP contribution in [0, 0.1) is 11.2 Å². The number of aromatic nitrogens is 1. The largest absolute Gasteiger partial charge is 0.323 e. The Bertz CT molecular complexity index is 679. The minimum Gasteiger partial charge on any atom is -0.323 e. The lowest BCUT2D eigenvalue weighted by Crippen LogP contribution is -2.28. The first kappa shape index (κ1) is 15.0. The third-order valence-corrected chi connectivity index (χ3v) is 5.92. The summed E-state index contributed by atoms with van der Waals surface area (Å²) in [6.07, 6.45) is 3.82. The van der Waals surface area contributed by atoms with Crippen LogP contribution in [0.1, 0.15) is 36.9 Å². The van der Waals surface area contributed by atoms with Gasteiger partial charge in [0.2, 0.25) is 0 Å². The molecule has 1 aromatic carbocycles. The van der Waals surface area contributed by atoms with Crippen molar-refractivity contribution in [3.05, 3.63) is 34.6 Å². The van der Waals surface area contributed by atoms with Crippen molar-refractivity contribution < 1.29 is 4.39 Å². The van der Waals surface area contributed by atoms with Crippen LogP contribution in [0.4, 0.5) is 4.39 Å². The van der Waals surface area contributed by atoms with E-state index in [0.717, 1.165) is 33.3 Å². The molecule has 1 aliphatic carbocycles. The Morgan fingerprint density at radius 3 is 2.90 bits per heavy atom. The average Bonchev–Trinajstić information content (AvgIpc) is 2.80. The van der Waals surface area contributed by atoms with Gasteiger partial charge in [-0.25, -0.2) is 9.37 Å². The Morgan fingerprint density at radius 1 is 1.43 bits per heavy atom. The second-order valence-electron chi connectivity index (χ2n) is 6.30. The van der Waals surface area contributed by atoms with Crippen LogP contribution < -0.4 is 5.73 Å². The van der Waals surface area contributed by atoms with Gasteiger partial charge in [-0.2, -0.15) is 0 Å². The molecule has 1 atom stereocenters. The zero-order valence-electron chi connectivity index (χ0n) is 12.4. The lowest BCUT2D eigenvalue weighted by atomic mass is 9.77. The molecule has 0 bridgehead atoms. The molecule has 112 valence electrons. The molecule has 0 saturated heterocycles. The van der Waals surface area contributed by atoms with Gasteiger partial charge in [0, 0.05) is 15.8 Å². The van der Waals surface area contributed by atoms with E-state index in [1.165, 1.54) is 6.07 Å². The van der Waals surface area contributed by atoms with Crippen molar-refractivity contribution in [2.24, 2.45) is 11.1 Å². The van der Waals surface area contributed by atoms with E-state index >= 15 is 0 Å². The van der Waals surface area contributed by atoms with Gasteiger partial charge in [0.1, 0.15) is 10.8 Å². The quantitative estimate of drug-likeness (QED) is 0.818. The predicted octanol–water partition coefficient (Wildman–Crippen LogP) is 4.64. The van der Waals surface area contributed by atoms with E-state index in [9.17, 15) is 4.39 Å². The number of fused-ring (bicyclic) bond motifs is 1. The summed E-state index contributed by atoms with van der Waals surface area (Å²) in [5.74, 6) is -0.208. The number of rotatable bonds is 2. The Morgan fingerprint density at radius 2 is 2.19 bits per heavy atom. The fourth-order valence-electron chi connectivity index (χ4n) is 2.98. The molecule has 1 aromatic heterocycles. The second kappa shape index (κ2) is 5.38. The monoisotopic (exact) mass is 322 g/mol. The van der Waals surface area contributed by atoms with Crippen LogP contribution >= 0.6 is 23.1 Å². The summed E-state index contributed by atoms with van der Waals surface area (Å²) < 4.78 is 14.3. The van der Waals surface area contributed by atoms with Crippen molar-refractivity contribution in [2.45, 2.75) is 37.6 Å². The van der Waals surface area contributed by atoms with E-state index in [-0.39, 0.29) is 17.3 Å².